The average Bonchev–Trinajstić information content (AvgIpc) is 2.54. The summed E-state index contributed by atoms with van der Waals surface area (Å²) in [5.74, 6) is 0.831. The minimum Gasteiger partial charge on any atom is -0.370 e. The quantitative estimate of drug-likeness (QED) is 0.745. The Morgan fingerprint density at radius 3 is 2.54 bits per heavy atom. The van der Waals surface area contributed by atoms with Crippen LogP contribution in [-0.2, 0) is 4.79 Å². The van der Waals surface area contributed by atoms with Gasteiger partial charge in [0.15, 0.2) is 5.82 Å². The van der Waals surface area contributed by atoms with Gasteiger partial charge in [0.1, 0.15) is 5.82 Å². The van der Waals surface area contributed by atoms with Gasteiger partial charge in [-0.15, -0.1) is 0 Å². The van der Waals surface area contributed by atoms with E-state index in [-0.39, 0.29) is 12.3 Å². The van der Waals surface area contributed by atoms with Gasteiger partial charge in [0.25, 0.3) is 0 Å². The normalized spacial score (nSPS) is 11.4. The third kappa shape index (κ3) is 3.45. The highest BCUT2D eigenvalue weighted by Gasteiger charge is 2.22. The van der Waals surface area contributed by atoms with E-state index in [0.717, 1.165) is 16.5 Å². The highest BCUT2D eigenvalue weighted by molar-refractivity contribution is 5.90. The van der Waals surface area contributed by atoms with Gasteiger partial charge in [-0.05, 0) is 32.0 Å². The Morgan fingerprint density at radius 1 is 1.12 bits per heavy atom. The summed E-state index contributed by atoms with van der Waals surface area (Å²) in [4.78, 5) is 28.6. The number of nitrogens with zero attached hydrogens (tertiary/aromatic N) is 4. The molecular formula is C17H18N6O. The molecule has 0 bridgehead atoms. The summed E-state index contributed by atoms with van der Waals surface area (Å²) >= 11 is 0. The minimum atomic E-state index is -0.536. The maximum absolute atomic E-state index is 11.3. The largest absolute Gasteiger partial charge is 0.370 e. The van der Waals surface area contributed by atoms with Gasteiger partial charge in [-0.25, -0.2) is 9.97 Å². The average molecular weight is 322 g/mol. The number of aromatic nitrogens is 4. The molecule has 0 aliphatic rings. The predicted octanol–water partition coefficient (Wildman–Crippen LogP) is 2.15. The Kier molecular flexibility index (Phi) is 4.07. The van der Waals surface area contributed by atoms with Gasteiger partial charge in [0.05, 0.1) is 11.7 Å². The molecule has 0 saturated heterocycles. The highest BCUT2D eigenvalue weighted by Crippen LogP contribution is 2.27. The molecule has 7 heteroatoms. The van der Waals surface area contributed by atoms with Crippen LogP contribution in [0.4, 0.5) is 5.82 Å². The molecule has 0 atom stereocenters. The molecule has 0 radical (unpaired) electrons. The number of carbonyl (C=O) groups excluding carboxylic acids is 1. The first-order valence-corrected chi connectivity index (χ1v) is 7.53. The van der Waals surface area contributed by atoms with Crippen LogP contribution in [0.5, 0.6) is 0 Å². The van der Waals surface area contributed by atoms with Gasteiger partial charge >= 0.3 is 0 Å². The van der Waals surface area contributed by atoms with Crippen LogP contribution in [-0.4, -0.2) is 31.4 Å². The number of nitrogens with two attached hydrogens (primary N) is 1. The standard InChI is InChI=1S/C17H18N6O/c1-17(2,9-14(18)24)23-16-12-5-8-20-10-13(12)21-15(22-16)11-3-6-19-7-4-11/h3-8,10H,9H2,1-2H3,(H2,18,24)(H,21,22,23). The van der Waals surface area contributed by atoms with Crippen LogP contribution in [0.15, 0.2) is 43.0 Å². The lowest BCUT2D eigenvalue weighted by molar-refractivity contribution is -0.118. The summed E-state index contributed by atoms with van der Waals surface area (Å²) < 4.78 is 0. The van der Waals surface area contributed by atoms with E-state index in [1.807, 2.05) is 32.0 Å². The fourth-order valence-corrected chi connectivity index (χ4v) is 2.51. The number of carbonyl (C=O) groups is 1. The first kappa shape index (κ1) is 15.8. The SMILES string of the molecule is CC(C)(CC(N)=O)Nc1nc(-c2ccncc2)nc2cnccc12. The van der Waals surface area contributed by atoms with E-state index in [4.69, 9.17) is 5.73 Å². The topological polar surface area (TPSA) is 107 Å². The van der Waals surface area contributed by atoms with Gasteiger partial charge in [0, 0.05) is 41.5 Å². The molecule has 0 aliphatic heterocycles. The van der Waals surface area contributed by atoms with Crippen LogP contribution in [0.2, 0.25) is 0 Å². The van der Waals surface area contributed by atoms with Crippen LogP contribution in [0, 0.1) is 0 Å². The summed E-state index contributed by atoms with van der Waals surface area (Å²) in [5, 5.41) is 4.14. The Morgan fingerprint density at radius 2 is 1.83 bits per heavy atom. The van der Waals surface area contributed by atoms with Crippen molar-refractivity contribution in [3.63, 3.8) is 0 Å². The lowest BCUT2D eigenvalue weighted by Crippen LogP contribution is -2.36. The van der Waals surface area contributed by atoms with E-state index in [1.165, 1.54) is 0 Å². The number of hydrogen-bond acceptors (Lipinski definition) is 6. The zero-order valence-corrected chi connectivity index (χ0v) is 13.5. The van der Waals surface area contributed by atoms with Gasteiger partial charge in [-0.3, -0.25) is 14.8 Å². The van der Waals surface area contributed by atoms with Crippen LogP contribution < -0.4 is 11.1 Å². The van der Waals surface area contributed by atoms with E-state index in [0.29, 0.717) is 11.6 Å². The van der Waals surface area contributed by atoms with E-state index < -0.39 is 5.54 Å². The van der Waals surface area contributed by atoms with Crippen molar-refractivity contribution in [2.24, 2.45) is 5.73 Å². The Labute approximate surface area is 139 Å². The van der Waals surface area contributed by atoms with Crippen molar-refractivity contribution >= 4 is 22.6 Å². The van der Waals surface area contributed by atoms with E-state index in [2.05, 4.69) is 25.3 Å². The van der Waals surface area contributed by atoms with Gasteiger partial charge in [-0.2, -0.15) is 0 Å². The molecule has 24 heavy (non-hydrogen) atoms. The molecule has 0 spiro atoms. The second kappa shape index (κ2) is 6.19. The van der Waals surface area contributed by atoms with Gasteiger partial charge in [-0.1, -0.05) is 0 Å². The molecule has 7 nitrogen and oxygen atoms in total. The summed E-state index contributed by atoms with van der Waals surface area (Å²) in [5.41, 5.74) is 6.37. The smallest absolute Gasteiger partial charge is 0.219 e. The molecular weight excluding hydrogens is 304 g/mol. The third-order valence-corrected chi connectivity index (χ3v) is 3.51. The monoisotopic (exact) mass is 322 g/mol. The van der Waals surface area contributed by atoms with E-state index in [9.17, 15) is 4.79 Å². The van der Waals surface area contributed by atoms with Crippen LogP contribution in [0.1, 0.15) is 20.3 Å². The zero-order valence-electron chi connectivity index (χ0n) is 13.5. The summed E-state index contributed by atoms with van der Waals surface area (Å²) in [6.45, 7) is 3.80. The Bertz CT molecular complexity index is 879. The molecule has 0 fully saturated rings. The number of pyridine rings is 2. The van der Waals surface area contributed by atoms with Crippen molar-refractivity contribution in [3.05, 3.63) is 43.0 Å². The minimum absolute atomic E-state index is 0.189. The summed E-state index contributed by atoms with van der Waals surface area (Å²) in [6, 6.07) is 5.53. The second-order valence-electron chi connectivity index (χ2n) is 6.18. The molecule has 3 aromatic rings. The number of amides is 1. The fraction of sp³-hybridized carbons (Fsp3) is 0.235. The highest BCUT2D eigenvalue weighted by atomic mass is 16.1. The van der Waals surface area contributed by atoms with Crippen molar-refractivity contribution < 1.29 is 4.79 Å². The van der Waals surface area contributed by atoms with Crippen molar-refractivity contribution in [1.82, 2.24) is 19.9 Å². The number of hydrogen-bond donors (Lipinski definition) is 2. The third-order valence-electron chi connectivity index (χ3n) is 3.51. The fourth-order valence-electron chi connectivity index (χ4n) is 2.51. The van der Waals surface area contributed by atoms with Crippen molar-refractivity contribution in [2.75, 3.05) is 5.32 Å². The summed E-state index contributed by atoms with van der Waals surface area (Å²) in [7, 11) is 0. The van der Waals surface area contributed by atoms with Crippen LogP contribution in [0.25, 0.3) is 22.3 Å². The predicted molar refractivity (Wildman–Crippen MR) is 92.1 cm³/mol. The van der Waals surface area contributed by atoms with Crippen LogP contribution in [0.3, 0.4) is 0 Å². The molecule has 3 aromatic heterocycles. The lowest BCUT2D eigenvalue weighted by Gasteiger charge is -2.26. The van der Waals surface area contributed by atoms with E-state index in [1.54, 1.807) is 24.8 Å². The maximum Gasteiger partial charge on any atom is 0.219 e. The van der Waals surface area contributed by atoms with Gasteiger partial charge in [0.2, 0.25) is 5.91 Å². The van der Waals surface area contributed by atoms with E-state index >= 15 is 0 Å². The Balaban J connectivity index is 2.10. The molecule has 122 valence electrons. The van der Waals surface area contributed by atoms with Crippen LogP contribution >= 0.6 is 0 Å². The molecule has 1 amide bonds. The van der Waals surface area contributed by atoms with Gasteiger partial charge < -0.3 is 11.1 Å². The Hall–Kier alpha value is -3.09. The number of primary amides is 1. The first-order valence-electron chi connectivity index (χ1n) is 7.53. The molecule has 3 heterocycles. The van der Waals surface area contributed by atoms with Crippen molar-refractivity contribution in [1.29, 1.82) is 0 Å². The molecule has 3 rings (SSSR count). The molecule has 3 N–H and O–H groups in total. The number of anilines is 1. The molecule has 0 unspecified atom stereocenters. The molecule has 0 aromatic carbocycles. The van der Waals surface area contributed by atoms with Crippen molar-refractivity contribution in [3.8, 4) is 11.4 Å². The second-order valence-corrected chi connectivity index (χ2v) is 6.18. The van der Waals surface area contributed by atoms with Crippen molar-refractivity contribution in [2.45, 2.75) is 25.8 Å². The molecule has 0 aliphatic carbocycles. The maximum atomic E-state index is 11.3. The lowest BCUT2D eigenvalue weighted by atomic mass is 10.00. The summed E-state index contributed by atoms with van der Waals surface area (Å²) in [6.07, 6.45) is 6.94. The zero-order chi connectivity index (χ0) is 17.2. The first-order chi connectivity index (χ1) is 11.4. The number of fused-ring (bicyclic) bond motifs is 1. The number of rotatable bonds is 5. The molecule has 0 saturated carbocycles. The number of nitrogens with one attached hydrogen (secondary N) is 1.